The van der Waals surface area contributed by atoms with Crippen molar-refractivity contribution >= 4 is 67.9 Å². The van der Waals surface area contributed by atoms with Crippen LogP contribution in [0.3, 0.4) is 0 Å². The van der Waals surface area contributed by atoms with Gasteiger partial charge in [-0.05, 0) is 22.9 Å². The highest BCUT2D eigenvalue weighted by atomic mass is 35.5. The SMILES string of the molecule is Clc1[c]c2ccc3cc(Cl)[c]c(Cl)c3c2c(Cl)c1. The van der Waals surface area contributed by atoms with Crippen molar-refractivity contribution in [2.75, 3.05) is 0 Å². The Hall–Kier alpha value is -0.660. The fourth-order valence-corrected chi connectivity index (χ4v) is 3.15. The molecule has 0 saturated carbocycles. The second-order valence-electron chi connectivity index (χ2n) is 3.85. The summed E-state index contributed by atoms with van der Waals surface area (Å²) in [5, 5.41) is 5.29. The number of rotatable bonds is 0. The van der Waals surface area contributed by atoms with Gasteiger partial charge in [-0.25, -0.2) is 0 Å². The summed E-state index contributed by atoms with van der Waals surface area (Å²) < 4.78 is 0. The second kappa shape index (κ2) is 4.47. The van der Waals surface area contributed by atoms with Crippen molar-refractivity contribution in [1.82, 2.24) is 0 Å². The molecule has 2 radical (unpaired) electrons. The van der Waals surface area contributed by atoms with Gasteiger partial charge in [0, 0.05) is 22.9 Å². The molecule has 0 fully saturated rings. The van der Waals surface area contributed by atoms with E-state index in [1.807, 2.05) is 12.1 Å². The predicted molar refractivity (Wildman–Crippen MR) is 79.2 cm³/mol. The molecule has 0 atom stereocenters. The summed E-state index contributed by atoms with van der Waals surface area (Å²) in [6.45, 7) is 0. The summed E-state index contributed by atoms with van der Waals surface area (Å²) in [6.07, 6.45) is 0. The minimum atomic E-state index is 0.445. The molecule has 0 aliphatic rings. The molecule has 0 bridgehead atoms. The van der Waals surface area contributed by atoms with Gasteiger partial charge in [0.15, 0.2) is 0 Å². The Morgan fingerprint density at radius 2 is 1.50 bits per heavy atom. The van der Waals surface area contributed by atoms with Gasteiger partial charge in [0.25, 0.3) is 0 Å². The maximum Gasteiger partial charge on any atom is 0.0585 e. The zero-order valence-electron chi connectivity index (χ0n) is 8.82. The molecular formula is C14H4Cl4. The molecule has 18 heavy (non-hydrogen) atoms. The Kier molecular flexibility index (Phi) is 3.07. The molecule has 0 aliphatic heterocycles. The molecule has 0 unspecified atom stereocenters. The summed E-state index contributed by atoms with van der Waals surface area (Å²) in [4.78, 5) is 0. The molecule has 0 aliphatic carbocycles. The molecular weight excluding hydrogens is 310 g/mol. The highest BCUT2D eigenvalue weighted by molar-refractivity contribution is 6.44. The normalized spacial score (nSPS) is 11.3. The first-order valence-corrected chi connectivity index (χ1v) is 6.58. The Morgan fingerprint density at radius 3 is 2.28 bits per heavy atom. The average Bonchev–Trinajstić information content (AvgIpc) is 2.28. The summed E-state index contributed by atoms with van der Waals surface area (Å²) in [5.41, 5.74) is 0. The number of fused-ring (bicyclic) bond motifs is 3. The summed E-state index contributed by atoms with van der Waals surface area (Å²) in [7, 11) is 0. The number of benzene rings is 3. The van der Waals surface area contributed by atoms with Crippen LogP contribution in [-0.4, -0.2) is 0 Å². The van der Waals surface area contributed by atoms with E-state index in [0.29, 0.717) is 20.1 Å². The van der Waals surface area contributed by atoms with Crippen molar-refractivity contribution in [2.45, 2.75) is 0 Å². The van der Waals surface area contributed by atoms with Crippen LogP contribution in [0.5, 0.6) is 0 Å². The van der Waals surface area contributed by atoms with E-state index in [0.717, 1.165) is 21.5 Å². The zero-order valence-corrected chi connectivity index (χ0v) is 11.8. The molecule has 3 rings (SSSR count). The molecule has 0 nitrogen and oxygen atoms in total. The average molecular weight is 314 g/mol. The molecule has 3 aromatic rings. The second-order valence-corrected chi connectivity index (χ2v) is 5.45. The Morgan fingerprint density at radius 1 is 0.778 bits per heavy atom. The molecule has 0 spiro atoms. The third kappa shape index (κ3) is 1.94. The number of hydrogen-bond donors (Lipinski definition) is 0. The van der Waals surface area contributed by atoms with Crippen molar-refractivity contribution in [2.24, 2.45) is 0 Å². The van der Waals surface area contributed by atoms with Crippen LogP contribution in [0.2, 0.25) is 20.1 Å². The molecule has 0 N–H and O–H groups in total. The van der Waals surface area contributed by atoms with Crippen molar-refractivity contribution in [3.63, 3.8) is 0 Å². The summed E-state index contributed by atoms with van der Waals surface area (Å²) in [6, 6.07) is 13.2. The van der Waals surface area contributed by atoms with Gasteiger partial charge >= 0.3 is 0 Å². The summed E-state index contributed by atoms with van der Waals surface area (Å²) in [5.74, 6) is 0. The minimum absolute atomic E-state index is 0.445. The van der Waals surface area contributed by atoms with Crippen LogP contribution in [0, 0.1) is 12.1 Å². The zero-order chi connectivity index (χ0) is 12.9. The van der Waals surface area contributed by atoms with E-state index < -0.39 is 0 Å². The van der Waals surface area contributed by atoms with E-state index in [2.05, 4.69) is 12.1 Å². The van der Waals surface area contributed by atoms with Crippen molar-refractivity contribution in [1.29, 1.82) is 0 Å². The maximum absolute atomic E-state index is 6.24. The van der Waals surface area contributed by atoms with Crippen LogP contribution in [-0.2, 0) is 0 Å². The smallest absolute Gasteiger partial charge is 0.0585 e. The van der Waals surface area contributed by atoms with Crippen LogP contribution < -0.4 is 0 Å². The minimum Gasteiger partial charge on any atom is -0.0836 e. The van der Waals surface area contributed by atoms with Gasteiger partial charge in [-0.3, -0.25) is 0 Å². The largest absolute Gasteiger partial charge is 0.0836 e. The summed E-state index contributed by atoms with van der Waals surface area (Å²) >= 11 is 24.3. The third-order valence-corrected chi connectivity index (χ3v) is 3.70. The standard InChI is InChI=1S/C14H4Cl4/c15-9-3-7-1-2-8-4-10(16)6-12(18)14(8)13(7)11(17)5-9/h1-3,6H. The predicted octanol–water partition coefficient (Wildman–Crippen LogP) is 6.21. The lowest BCUT2D eigenvalue weighted by atomic mass is 10.0. The first-order chi connectivity index (χ1) is 8.56. The molecule has 0 amide bonds. The fraction of sp³-hybridized carbons (Fsp3) is 0. The number of hydrogen-bond acceptors (Lipinski definition) is 0. The van der Waals surface area contributed by atoms with E-state index >= 15 is 0 Å². The van der Waals surface area contributed by atoms with E-state index in [4.69, 9.17) is 46.4 Å². The lowest BCUT2D eigenvalue weighted by Crippen LogP contribution is -1.82. The Bertz CT molecular complexity index is 711. The highest BCUT2D eigenvalue weighted by Gasteiger charge is 2.10. The van der Waals surface area contributed by atoms with E-state index in [1.165, 1.54) is 0 Å². The number of halogens is 4. The van der Waals surface area contributed by atoms with E-state index in [1.54, 1.807) is 12.1 Å². The van der Waals surface area contributed by atoms with Gasteiger partial charge in [0.2, 0.25) is 0 Å². The van der Waals surface area contributed by atoms with Crippen LogP contribution in [0.1, 0.15) is 0 Å². The van der Waals surface area contributed by atoms with Gasteiger partial charge in [0.05, 0.1) is 20.1 Å². The lowest BCUT2D eigenvalue weighted by molar-refractivity contribution is 1.74. The topological polar surface area (TPSA) is 0 Å². The molecule has 0 heterocycles. The first-order valence-electron chi connectivity index (χ1n) is 5.07. The van der Waals surface area contributed by atoms with Crippen molar-refractivity contribution in [3.8, 4) is 0 Å². The van der Waals surface area contributed by atoms with Gasteiger partial charge < -0.3 is 0 Å². The maximum atomic E-state index is 6.24. The third-order valence-electron chi connectivity index (χ3n) is 2.71. The molecule has 0 aromatic heterocycles. The van der Waals surface area contributed by atoms with Gasteiger partial charge in [-0.2, -0.15) is 0 Å². The van der Waals surface area contributed by atoms with Crippen molar-refractivity contribution < 1.29 is 0 Å². The first kappa shape index (κ1) is 12.4. The van der Waals surface area contributed by atoms with Crippen molar-refractivity contribution in [3.05, 3.63) is 56.5 Å². The monoisotopic (exact) mass is 312 g/mol. The van der Waals surface area contributed by atoms with E-state index in [-0.39, 0.29) is 0 Å². The lowest BCUT2D eigenvalue weighted by Gasteiger charge is -2.08. The Balaban J connectivity index is 2.61. The molecule has 0 saturated heterocycles. The Labute approximate surface area is 124 Å². The van der Waals surface area contributed by atoms with Crippen LogP contribution in [0.4, 0.5) is 0 Å². The molecule has 4 heteroatoms. The van der Waals surface area contributed by atoms with Gasteiger partial charge in [-0.15, -0.1) is 0 Å². The van der Waals surface area contributed by atoms with Crippen LogP contribution in [0.25, 0.3) is 21.5 Å². The van der Waals surface area contributed by atoms with Gasteiger partial charge in [-0.1, -0.05) is 58.5 Å². The highest BCUT2D eigenvalue weighted by Crippen LogP contribution is 2.38. The quantitative estimate of drug-likeness (QED) is 0.433. The fourth-order valence-electron chi connectivity index (χ4n) is 2.02. The van der Waals surface area contributed by atoms with E-state index in [9.17, 15) is 0 Å². The van der Waals surface area contributed by atoms with Crippen LogP contribution in [0.15, 0.2) is 24.3 Å². The molecule has 88 valence electrons. The molecule has 3 aromatic carbocycles. The van der Waals surface area contributed by atoms with Gasteiger partial charge in [0.1, 0.15) is 0 Å². The van der Waals surface area contributed by atoms with Crippen LogP contribution >= 0.6 is 46.4 Å².